The monoisotopic (exact) mass is 371 g/mol. The molecule has 4 saturated carbocycles. The molecule has 0 radical (unpaired) electrons. The number of aromatic nitrogens is 3. The highest BCUT2D eigenvalue weighted by molar-refractivity contribution is 5.86. The summed E-state index contributed by atoms with van der Waals surface area (Å²) in [5, 5.41) is 12.1. The van der Waals surface area contributed by atoms with Crippen molar-refractivity contribution in [3.63, 3.8) is 0 Å². The lowest BCUT2D eigenvalue weighted by atomic mass is 9.52. The van der Waals surface area contributed by atoms with Gasteiger partial charge in [-0.3, -0.25) is 0 Å². The van der Waals surface area contributed by atoms with Crippen LogP contribution in [-0.4, -0.2) is 14.8 Å². The van der Waals surface area contributed by atoms with E-state index >= 15 is 0 Å². The highest BCUT2D eigenvalue weighted by Gasteiger charge is 2.53. The maximum Gasteiger partial charge on any atom is 0.164 e. The zero-order chi connectivity index (χ0) is 18.9. The first-order valence-corrected chi connectivity index (χ1v) is 11.1. The maximum atomic E-state index is 4.78. The van der Waals surface area contributed by atoms with Gasteiger partial charge in [0, 0.05) is 17.0 Å². The fourth-order valence-electron chi connectivity index (χ4n) is 6.99. The van der Waals surface area contributed by atoms with Gasteiger partial charge in [0.2, 0.25) is 0 Å². The van der Waals surface area contributed by atoms with Crippen LogP contribution in [0.5, 0.6) is 0 Å². The van der Waals surface area contributed by atoms with E-state index in [-0.39, 0.29) is 5.54 Å². The van der Waals surface area contributed by atoms with Crippen LogP contribution < -0.4 is 0 Å². The van der Waals surface area contributed by atoms with Crippen LogP contribution in [0, 0.1) is 17.8 Å². The molecule has 3 aromatic rings. The maximum absolute atomic E-state index is 4.78. The minimum Gasteiger partial charge on any atom is -0.305 e. The van der Waals surface area contributed by atoms with Gasteiger partial charge in [-0.15, -0.1) is 10.2 Å². The van der Waals surface area contributed by atoms with Crippen LogP contribution in [0.4, 0.5) is 0 Å². The van der Waals surface area contributed by atoms with Gasteiger partial charge in [0.05, 0.1) is 0 Å². The summed E-state index contributed by atoms with van der Waals surface area (Å²) in [4.78, 5) is 0. The number of benzene rings is 2. The number of hydrogen-bond acceptors (Lipinski definition) is 2. The SMILES string of the molecule is CC(C)c1nnc(-c2ccc3ccccc3c2)n1C12CC3CC(CC(C3)C1)C2. The van der Waals surface area contributed by atoms with Gasteiger partial charge in [0.1, 0.15) is 5.82 Å². The summed E-state index contributed by atoms with van der Waals surface area (Å²) in [5.74, 6) is 5.42. The summed E-state index contributed by atoms with van der Waals surface area (Å²) < 4.78 is 2.62. The van der Waals surface area contributed by atoms with E-state index in [1.807, 2.05) is 0 Å². The molecule has 4 aliphatic carbocycles. The Morgan fingerprint density at radius 1 is 0.857 bits per heavy atom. The molecule has 1 aromatic heterocycles. The average Bonchev–Trinajstić information content (AvgIpc) is 3.13. The summed E-state index contributed by atoms with van der Waals surface area (Å²) in [6, 6.07) is 15.4. The van der Waals surface area contributed by atoms with Crippen LogP contribution in [0.15, 0.2) is 42.5 Å². The van der Waals surface area contributed by atoms with Gasteiger partial charge in [-0.05, 0) is 73.1 Å². The molecule has 7 rings (SSSR count). The Bertz CT molecular complexity index is 1010. The molecule has 0 aliphatic heterocycles. The summed E-state index contributed by atoms with van der Waals surface area (Å²) in [6.45, 7) is 4.54. The largest absolute Gasteiger partial charge is 0.305 e. The van der Waals surface area contributed by atoms with Crippen LogP contribution >= 0.6 is 0 Å². The van der Waals surface area contributed by atoms with Crippen LogP contribution in [-0.2, 0) is 5.54 Å². The zero-order valence-corrected chi connectivity index (χ0v) is 16.9. The third-order valence-corrected chi connectivity index (χ3v) is 7.69. The normalized spacial score (nSPS) is 31.2. The number of hydrogen-bond donors (Lipinski definition) is 0. The first-order chi connectivity index (χ1) is 13.6. The second-order valence-corrected chi connectivity index (χ2v) is 10.1. The molecule has 2 aromatic carbocycles. The Morgan fingerprint density at radius 2 is 1.50 bits per heavy atom. The average molecular weight is 372 g/mol. The Hall–Kier alpha value is -2.16. The molecule has 3 heteroatoms. The molecule has 0 saturated heterocycles. The quantitative estimate of drug-likeness (QED) is 0.553. The number of fused-ring (bicyclic) bond motifs is 1. The van der Waals surface area contributed by atoms with Crippen molar-refractivity contribution in [1.29, 1.82) is 0 Å². The van der Waals surface area contributed by atoms with Crippen LogP contribution in [0.25, 0.3) is 22.2 Å². The van der Waals surface area contributed by atoms with Gasteiger partial charge in [-0.1, -0.05) is 50.2 Å². The minimum absolute atomic E-state index is 0.249. The number of nitrogens with zero attached hydrogens (tertiary/aromatic N) is 3. The molecule has 0 N–H and O–H groups in total. The number of rotatable bonds is 3. The van der Waals surface area contributed by atoms with Crippen molar-refractivity contribution in [2.24, 2.45) is 17.8 Å². The van der Waals surface area contributed by atoms with Crippen molar-refractivity contribution in [3.8, 4) is 11.4 Å². The molecule has 1 heterocycles. The van der Waals surface area contributed by atoms with Crippen LogP contribution in [0.1, 0.15) is 64.1 Å². The topological polar surface area (TPSA) is 30.7 Å². The van der Waals surface area contributed by atoms with E-state index in [0.717, 1.165) is 23.6 Å². The van der Waals surface area contributed by atoms with E-state index in [4.69, 9.17) is 10.2 Å². The molecule has 144 valence electrons. The highest BCUT2D eigenvalue weighted by Crippen LogP contribution is 2.59. The van der Waals surface area contributed by atoms with E-state index in [1.54, 1.807) is 0 Å². The minimum atomic E-state index is 0.249. The predicted octanol–water partition coefficient (Wildman–Crippen LogP) is 6.15. The van der Waals surface area contributed by atoms with E-state index < -0.39 is 0 Å². The Kier molecular flexibility index (Phi) is 3.54. The van der Waals surface area contributed by atoms with Crippen molar-refractivity contribution in [2.75, 3.05) is 0 Å². The predicted molar refractivity (Wildman–Crippen MR) is 113 cm³/mol. The Balaban J connectivity index is 1.54. The molecule has 0 amide bonds. The van der Waals surface area contributed by atoms with Crippen molar-refractivity contribution in [3.05, 3.63) is 48.3 Å². The third kappa shape index (κ3) is 2.41. The van der Waals surface area contributed by atoms with Crippen LogP contribution in [0.3, 0.4) is 0 Å². The van der Waals surface area contributed by atoms with Crippen molar-refractivity contribution in [2.45, 2.75) is 63.8 Å². The van der Waals surface area contributed by atoms with Gasteiger partial charge in [-0.2, -0.15) is 0 Å². The first kappa shape index (κ1) is 16.8. The molecule has 28 heavy (non-hydrogen) atoms. The molecule has 3 nitrogen and oxygen atoms in total. The lowest BCUT2D eigenvalue weighted by molar-refractivity contribution is -0.0439. The lowest BCUT2D eigenvalue weighted by Gasteiger charge is -2.57. The van der Waals surface area contributed by atoms with E-state index in [2.05, 4.69) is 60.9 Å². The second kappa shape index (κ2) is 5.92. The first-order valence-electron chi connectivity index (χ1n) is 11.1. The molecule has 0 atom stereocenters. The van der Waals surface area contributed by atoms with Gasteiger partial charge in [-0.25, -0.2) is 0 Å². The van der Waals surface area contributed by atoms with Gasteiger partial charge >= 0.3 is 0 Å². The van der Waals surface area contributed by atoms with E-state index in [1.165, 1.54) is 60.7 Å². The molecule has 0 spiro atoms. The summed E-state index contributed by atoms with van der Waals surface area (Å²) in [5.41, 5.74) is 1.47. The van der Waals surface area contributed by atoms with E-state index in [0.29, 0.717) is 5.92 Å². The summed E-state index contributed by atoms with van der Waals surface area (Å²) in [7, 11) is 0. The molecular formula is C25H29N3. The van der Waals surface area contributed by atoms with Crippen molar-refractivity contribution in [1.82, 2.24) is 14.8 Å². The third-order valence-electron chi connectivity index (χ3n) is 7.69. The van der Waals surface area contributed by atoms with Crippen molar-refractivity contribution >= 4 is 10.8 Å². The summed E-state index contributed by atoms with van der Waals surface area (Å²) in [6.07, 6.45) is 8.38. The second-order valence-electron chi connectivity index (χ2n) is 10.1. The highest BCUT2D eigenvalue weighted by atomic mass is 15.3. The molecule has 0 unspecified atom stereocenters. The standard InChI is InChI=1S/C25H29N3/c1-16(2)23-26-27-24(22-8-7-20-5-3-4-6-21(20)12-22)28(23)25-13-17-9-18(14-25)11-19(10-17)15-25/h3-8,12,16-19H,9-11,13-15H2,1-2H3. The van der Waals surface area contributed by atoms with Gasteiger partial charge in [0.25, 0.3) is 0 Å². The molecule has 4 fully saturated rings. The fourth-order valence-corrected chi connectivity index (χ4v) is 6.99. The lowest BCUT2D eigenvalue weighted by Crippen LogP contribution is -2.52. The smallest absolute Gasteiger partial charge is 0.164 e. The molecular weight excluding hydrogens is 342 g/mol. The molecule has 4 bridgehead atoms. The van der Waals surface area contributed by atoms with Crippen LogP contribution in [0.2, 0.25) is 0 Å². The Labute approximate surface area is 167 Å². The van der Waals surface area contributed by atoms with Gasteiger partial charge < -0.3 is 4.57 Å². The van der Waals surface area contributed by atoms with Crippen molar-refractivity contribution < 1.29 is 0 Å². The Morgan fingerprint density at radius 3 is 2.14 bits per heavy atom. The summed E-state index contributed by atoms with van der Waals surface area (Å²) >= 11 is 0. The van der Waals surface area contributed by atoms with E-state index in [9.17, 15) is 0 Å². The van der Waals surface area contributed by atoms with Gasteiger partial charge in [0.15, 0.2) is 5.82 Å². The molecule has 4 aliphatic rings. The zero-order valence-electron chi connectivity index (χ0n) is 16.9. The fraction of sp³-hybridized carbons (Fsp3) is 0.520.